The average Bonchev–Trinajstić information content (AvgIpc) is 2.86. The van der Waals surface area contributed by atoms with Gasteiger partial charge in [0, 0.05) is 30.4 Å². The van der Waals surface area contributed by atoms with E-state index < -0.39 is 5.82 Å². The third-order valence-corrected chi connectivity index (χ3v) is 3.96. The molecule has 2 aromatic heterocycles. The first-order valence-electron chi connectivity index (χ1n) is 7.13. The van der Waals surface area contributed by atoms with Gasteiger partial charge in [0.05, 0.1) is 17.6 Å². The van der Waals surface area contributed by atoms with Crippen LogP contribution >= 0.6 is 11.6 Å². The largest absolute Gasteiger partial charge is 0.493 e. The predicted octanol–water partition coefficient (Wildman–Crippen LogP) is 3.65. The zero-order valence-corrected chi connectivity index (χ0v) is 13.6. The fourth-order valence-electron chi connectivity index (χ4n) is 2.67. The van der Waals surface area contributed by atoms with Crippen molar-refractivity contribution in [1.82, 2.24) is 14.5 Å². The van der Waals surface area contributed by atoms with Gasteiger partial charge in [0.2, 0.25) is 0 Å². The van der Waals surface area contributed by atoms with Crippen molar-refractivity contribution >= 4 is 28.3 Å². The van der Waals surface area contributed by atoms with E-state index in [4.69, 9.17) is 16.3 Å². The molecule has 3 aromatic rings. The molecule has 0 atom stereocenters. The molecular weight excluding hydrogens is 319 g/mol. The van der Waals surface area contributed by atoms with Crippen LogP contribution in [0.3, 0.4) is 0 Å². The number of ether oxygens (including phenoxy) is 1. The Bertz CT molecular complexity index is 835. The summed E-state index contributed by atoms with van der Waals surface area (Å²) in [6.07, 6.45) is 3.17. The molecule has 5 nitrogen and oxygen atoms in total. The van der Waals surface area contributed by atoms with Gasteiger partial charge in [-0.25, -0.2) is 14.4 Å². The Morgan fingerprint density at radius 2 is 2.22 bits per heavy atom. The minimum absolute atomic E-state index is 0.218. The minimum atomic E-state index is -0.457. The predicted molar refractivity (Wildman–Crippen MR) is 88.7 cm³/mol. The molecular formula is C16H16ClFN4O. The molecule has 0 unspecified atom stereocenters. The van der Waals surface area contributed by atoms with Crippen LogP contribution in [0.1, 0.15) is 5.69 Å². The van der Waals surface area contributed by atoms with Crippen molar-refractivity contribution < 1.29 is 9.13 Å². The van der Waals surface area contributed by atoms with Crippen LogP contribution < -0.4 is 10.1 Å². The van der Waals surface area contributed by atoms with Gasteiger partial charge in [-0.15, -0.1) is 0 Å². The lowest BCUT2D eigenvalue weighted by molar-refractivity contribution is 0.392. The van der Waals surface area contributed by atoms with Crippen LogP contribution in [-0.4, -0.2) is 28.2 Å². The second-order valence-electron chi connectivity index (χ2n) is 5.09. The first-order valence-corrected chi connectivity index (χ1v) is 7.51. The Balaban J connectivity index is 1.90. The van der Waals surface area contributed by atoms with Crippen LogP contribution in [0.4, 0.5) is 10.2 Å². The monoisotopic (exact) mass is 334 g/mol. The van der Waals surface area contributed by atoms with Gasteiger partial charge in [0.25, 0.3) is 0 Å². The zero-order valence-electron chi connectivity index (χ0n) is 12.8. The van der Waals surface area contributed by atoms with Gasteiger partial charge in [0.15, 0.2) is 11.6 Å². The Kier molecular flexibility index (Phi) is 4.34. The van der Waals surface area contributed by atoms with E-state index in [1.54, 1.807) is 12.3 Å². The number of halogens is 2. The van der Waals surface area contributed by atoms with Crippen LogP contribution in [0.25, 0.3) is 10.9 Å². The van der Waals surface area contributed by atoms with E-state index in [2.05, 4.69) is 15.3 Å². The number of aromatic nitrogens is 3. The molecule has 0 spiro atoms. The molecule has 0 aliphatic rings. The summed E-state index contributed by atoms with van der Waals surface area (Å²) in [5.41, 5.74) is 1.75. The van der Waals surface area contributed by atoms with E-state index in [0.29, 0.717) is 23.5 Å². The molecule has 0 aliphatic carbocycles. The Labute approximate surface area is 138 Å². The standard InChI is InChI=1S/C16H16ClFN4O/c1-10-7-11-15(12(17)8-13(18)16(11)23-2)22(10)6-5-20-14-3-4-19-9-21-14/h3-4,7-9H,5-6H2,1-2H3,(H,19,20,21). The summed E-state index contributed by atoms with van der Waals surface area (Å²) in [5.74, 6) is 0.514. The van der Waals surface area contributed by atoms with E-state index in [1.165, 1.54) is 19.5 Å². The number of nitrogens with one attached hydrogen (secondary N) is 1. The molecule has 1 aromatic carbocycles. The maximum absolute atomic E-state index is 13.9. The van der Waals surface area contributed by atoms with E-state index >= 15 is 0 Å². The lowest BCUT2D eigenvalue weighted by atomic mass is 10.2. The van der Waals surface area contributed by atoms with Crippen molar-refractivity contribution in [2.45, 2.75) is 13.5 Å². The third-order valence-electron chi connectivity index (χ3n) is 3.67. The van der Waals surface area contributed by atoms with Gasteiger partial charge < -0.3 is 14.6 Å². The number of nitrogens with zero attached hydrogens (tertiary/aromatic N) is 3. The summed E-state index contributed by atoms with van der Waals surface area (Å²) in [7, 11) is 1.45. The van der Waals surface area contributed by atoms with E-state index in [1.807, 2.05) is 17.6 Å². The Hall–Kier alpha value is -2.34. The number of aryl methyl sites for hydroxylation is 1. The fourth-order valence-corrected chi connectivity index (χ4v) is 2.97. The highest BCUT2D eigenvalue weighted by atomic mass is 35.5. The molecule has 0 saturated heterocycles. The van der Waals surface area contributed by atoms with Gasteiger partial charge in [0.1, 0.15) is 12.1 Å². The van der Waals surface area contributed by atoms with Crippen LogP contribution in [0.2, 0.25) is 5.02 Å². The molecule has 3 rings (SSSR count). The molecule has 7 heteroatoms. The van der Waals surface area contributed by atoms with Crippen LogP contribution in [-0.2, 0) is 6.54 Å². The van der Waals surface area contributed by atoms with E-state index in [-0.39, 0.29) is 5.75 Å². The van der Waals surface area contributed by atoms with Crippen LogP contribution in [0, 0.1) is 12.7 Å². The summed E-state index contributed by atoms with van der Waals surface area (Å²) in [6, 6.07) is 4.97. The van der Waals surface area contributed by atoms with Crippen LogP contribution in [0.15, 0.2) is 30.7 Å². The summed E-state index contributed by atoms with van der Waals surface area (Å²) in [5, 5.41) is 4.26. The molecule has 0 bridgehead atoms. The van der Waals surface area contributed by atoms with Crippen molar-refractivity contribution in [2.24, 2.45) is 0 Å². The van der Waals surface area contributed by atoms with Gasteiger partial charge in [-0.05, 0) is 25.1 Å². The first-order chi connectivity index (χ1) is 11.1. The number of benzene rings is 1. The maximum Gasteiger partial charge on any atom is 0.167 e. The van der Waals surface area contributed by atoms with Crippen molar-refractivity contribution in [3.05, 3.63) is 47.3 Å². The highest BCUT2D eigenvalue weighted by Crippen LogP contribution is 2.36. The quantitative estimate of drug-likeness (QED) is 0.773. The highest BCUT2D eigenvalue weighted by Gasteiger charge is 2.17. The lowest BCUT2D eigenvalue weighted by Gasteiger charge is -2.12. The fraction of sp³-hybridized carbons (Fsp3) is 0.250. The summed E-state index contributed by atoms with van der Waals surface area (Å²) in [6.45, 7) is 3.27. The summed E-state index contributed by atoms with van der Waals surface area (Å²) < 4.78 is 21.2. The molecule has 0 aliphatic heterocycles. The second kappa shape index (κ2) is 6.42. The zero-order chi connectivity index (χ0) is 16.4. The summed E-state index contributed by atoms with van der Waals surface area (Å²) in [4.78, 5) is 7.99. The van der Waals surface area contributed by atoms with E-state index in [0.717, 1.165) is 17.0 Å². The van der Waals surface area contributed by atoms with Crippen molar-refractivity contribution in [1.29, 1.82) is 0 Å². The number of hydrogen-bond donors (Lipinski definition) is 1. The average molecular weight is 335 g/mol. The molecule has 0 radical (unpaired) electrons. The second-order valence-corrected chi connectivity index (χ2v) is 5.50. The van der Waals surface area contributed by atoms with Crippen molar-refractivity contribution in [3.63, 3.8) is 0 Å². The van der Waals surface area contributed by atoms with Crippen molar-refractivity contribution in [3.8, 4) is 5.75 Å². The normalized spacial score (nSPS) is 11.0. The number of anilines is 1. The highest BCUT2D eigenvalue weighted by molar-refractivity contribution is 6.35. The van der Waals surface area contributed by atoms with Crippen LogP contribution in [0.5, 0.6) is 5.75 Å². The smallest absolute Gasteiger partial charge is 0.167 e. The maximum atomic E-state index is 13.9. The summed E-state index contributed by atoms with van der Waals surface area (Å²) >= 11 is 6.25. The van der Waals surface area contributed by atoms with Crippen molar-refractivity contribution in [2.75, 3.05) is 19.0 Å². The number of rotatable bonds is 5. The molecule has 1 N–H and O–H groups in total. The van der Waals surface area contributed by atoms with E-state index in [9.17, 15) is 4.39 Å². The lowest BCUT2D eigenvalue weighted by Crippen LogP contribution is -2.12. The van der Waals surface area contributed by atoms with Gasteiger partial charge in [-0.1, -0.05) is 11.6 Å². The molecule has 2 heterocycles. The third kappa shape index (κ3) is 2.94. The molecule has 0 saturated carbocycles. The van der Waals surface area contributed by atoms with Gasteiger partial charge in [-0.3, -0.25) is 0 Å². The Morgan fingerprint density at radius 3 is 2.91 bits per heavy atom. The Morgan fingerprint density at radius 1 is 1.39 bits per heavy atom. The van der Waals surface area contributed by atoms with Gasteiger partial charge >= 0.3 is 0 Å². The first kappa shape index (κ1) is 15.6. The molecule has 0 fully saturated rings. The number of fused-ring (bicyclic) bond motifs is 1. The topological polar surface area (TPSA) is 52.0 Å². The number of methoxy groups -OCH3 is 1. The SMILES string of the molecule is COc1c(F)cc(Cl)c2c1cc(C)n2CCNc1ccncn1. The number of hydrogen-bond acceptors (Lipinski definition) is 4. The van der Waals surface area contributed by atoms with Gasteiger partial charge in [-0.2, -0.15) is 0 Å². The minimum Gasteiger partial charge on any atom is -0.493 e. The molecule has 23 heavy (non-hydrogen) atoms. The molecule has 120 valence electrons. The molecule has 0 amide bonds.